The van der Waals surface area contributed by atoms with Crippen molar-refractivity contribution in [3.8, 4) is 5.75 Å². The van der Waals surface area contributed by atoms with Crippen molar-refractivity contribution < 1.29 is 9.84 Å². The number of likely N-dealkylation sites (tertiary alicyclic amines) is 1. The van der Waals surface area contributed by atoms with Gasteiger partial charge in [-0.05, 0) is 55.5 Å². The van der Waals surface area contributed by atoms with E-state index in [0.717, 1.165) is 55.2 Å². The third-order valence-electron chi connectivity index (χ3n) is 6.85. The third-order valence-corrected chi connectivity index (χ3v) is 6.85. The van der Waals surface area contributed by atoms with Crippen LogP contribution in [0.25, 0.3) is 0 Å². The first-order valence-corrected chi connectivity index (χ1v) is 11.1. The van der Waals surface area contributed by atoms with Crippen molar-refractivity contribution >= 4 is 0 Å². The first-order chi connectivity index (χ1) is 15.1. The normalized spacial score (nSPS) is 25.5. The molecule has 2 aliphatic rings. The average Bonchev–Trinajstić information content (AvgIpc) is 3.34. The van der Waals surface area contributed by atoms with E-state index in [1.165, 1.54) is 5.56 Å². The van der Waals surface area contributed by atoms with Gasteiger partial charge in [0, 0.05) is 43.5 Å². The van der Waals surface area contributed by atoms with Crippen LogP contribution in [-0.4, -0.2) is 33.1 Å². The molecule has 0 amide bonds. The lowest BCUT2D eigenvalue weighted by Gasteiger charge is -2.30. The van der Waals surface area contributed by atoms with E-state index in [-0.39, 0.29) is 5.92 Å². The van der Waals surface area contributed by atoms with Crippen LogP contribution in [-0.2, 0) is 18.8 Å². The second kappa shape index (κ2) is 8.40. The van der Waals surface area contributed by atoms with Gasteiger partial charge in [0.1, 0.15) is 18.0 Å². The lowest BCUT2D eigenvalue weighted by Crippen LogP contribution is -2.35. The molecule has 3 aromatic rings. The third kappa shape index (κ3) is 4.08. The van der Waals surface area contributed by atoms with Gasteiger partial charge in [0.15, 0.2) is 0 Å². The minimum absolute atomic E-state index is 0.226. The molecule has 5 rings (SSSR count). The lowest BCUT2D eigenvalue weighted by molar-refractivity contribution is -0.0108. The summed E-state index contributed by atoms with van der Waals surface area (Å²) in [6, 6.07) is 18.2. The largest absolute Gasteiger partial charge is 0.487 e. The van der Waals surface area contributed by atoms with Gasteiger partial charge in [-0.3, -0.25) is 14.9 Å². The maximum absolute atomic E-state index is 11.6. The van der Waals surface area contributed by atoms with E-state index >= 15 is 0 Å². The molecule has 1 aliphatic heterocycles. The summed E-state index contributed by atoms with van der Waals surface area (Å²) in [5, 5.41) is 11.6. The van der Waals surface area contributed by atoms with Gasteiger partial charge in [0.05, 0.1) is 11.4 Å². The predicted molar refractivity (Wildman–Crippen MR) is 119 cm³/mol. The molecular weight excluding hydrogens is 386 g/mol. The molecule has 3 heterocycles. The molecule has 1 saturated carbocycles. The van der Waals surface area contributed by atoms with E-state index < -0.39 is 5.60 Å². The molecule has 1 saturated heterocycles. The molecule has 5 nitrogen and oxygen atoms in total. The number of fused-ring (bicyclic) bond motifs is 1. The number of aliphatic hydroxyl groups is 1. The molecular formula is C26H29N3O2. The first kappa shape index (κ1) is 20.2. The van der Waals surface area contributed by atoms with Crippen LogP contribution in [0.2, 0.25) is 0 Å². The molecule has 0 radical (unpaired) electrons. The molecule has 0 unspecified atom stereocenters. The summed E-state index contributed by atoms with van der Waals surface area (Å²) in [6.07, 6.45) is 5.50. The van der Waals surface area contributed by atoms with Gasteiger partial charge in [-0.2, -0.15) is 0 Å². The summed E-state index contributed by atoms with van der Waals surface area (Å²) in [7, 11) is 0. The summed E-state index contributed by atoms with van der Waals surface area (Å²) in [5.74, 6) is 1.64. The number of rotatable bonds is 6. The van der Waals surface area contributed by atoms with Crippen LogP contribution in [0.3, 0.4) is 0 Å². The van der Waals surface area contributed by atoms with Crippen molar-refractivity contribution in [2.24, 2.45) is 11.8 Å². The van der Waals surface area contributed by atoms with Crippen LogP contribution >= 0.6 is 0 Å². The van der Waals surface area contributed by atoms with E-state index in [0.29, 0.717) is 12.5 Å². The Morgan fingerprint density at radius 2 is 1.94 bits per heavy atom. The number of para-hydroxylation sites is 1. The molecule has 3 atom stereocenters. The Labute approximate surface area is 183 Å². The second-order valence-corrected chi connectivity index (χ2v) is 8.96. The Hall–Kier alpha value is -2.76. The fourth-order valence-corrected chi connectivity index (χ4v) is 5.21. The van der Waals surface area contributed by atoms with Crippen LogP contribution in [0, 0.1) is 18.8 Å². The molecule has 0 spiro atoms. The lowest BCUT2D eigenvalue weighted by atomic mass is 9.85. The van der Waals surface area contributed by atoms with Crippen molar-refractivity contribution in [1.82, 2.24) is 14.9 Å². The number of ether oxygens (including phenoxy) is 1. The van der Waals surface area contributed by atoms with Crippen LogP contribution in [0.15, 0.2) is 67.0 Å². The van der Waals surface area contributed by atoms with Gasteiger partial charge in [-0.15, -0.1) is 0 Å². The second-order valence-electron chi connectivity index (χ2n) is 8.96. The Balaban J connectivity index is 1.28. The first-order valence-electron chi connectivity index (χ1n) is 11.1. The van der Waals surface area contributed by atoms with Crippen LogP contribution in [0.4, 0.5) is 0 Å². The molecule has 5 heteroatoms. The maximum atomic E-state index is 11.6. The predicted octanol–water partition coefficient (Wildman–Crippen LogP) is 4.09. The molecule has 1 aliphatic carbocycles. The highest BCUT2D eigenvalue weighted by Gasteiger charge is 2.53. The number of benzene rings is 1. The maximum Gasteiger partial charge on any atom is 0.130 e. The summed E-state index contributed by atoms with van der Waals surface area (Å²) < 4.78 is 6.10. The summed E-state index contributed by atoms with van der Waals surface area (Å²) >= 11 is 0. The zero-order valence-electron chi connectivity index (χ0n) is 17.9. The average molecular weight is 416 g/mol. The standard InChI is InChI=1S/C26H29N3O2/c1-19-9-10-25(28-14-19)26(30)12-11-20-15-29(17-23(20)26)16-21-6-2-3-8-24(21)31-18-22-7-4-5-13-27-22/h2-10,13-14,20,23,30H,11-12,15-18H2,1H3/t20-,23+,26-/m0/s1. The van der Waals surface area contributed by atoms with E-state index in [1.807, 2.05) is 49.5 Å². The summed E-state index contributed by atoms with van der Waals surface area (Å²) in [6.45, 7) is 5.20. The fourth-order valence-electron chi connectivity index (χ4n) is 5.21. The van der Waals surface area contributed by atoms with Gasteiger partial charge in [0.25, 0.3) is 0 Å². The highest BCUT2D eigenvalue weighted by molar-refractivity contribution is 5.33. The number of nitrogens with zero attached hydrogens (tertiary/aromatic N) is 3. The van der Waals surface area contributed by atoms with E-state index in [9.17, 15) is 5.11 Å². The Morgan fingerprint density at radius 3 is 2.74 bits per heavy atom. The molecule has 2 aromatic heterocycles. The summed E-state index contributed by atoms with van der Waals surface area (Å²) in [4.78, 5) is 11.4. The quantitative estimate of drug-likeness (QED) is 0.657. The molecule has 160 valence electrons. The number of pyridine rings is 2. The van der Waals surface area contributed by atoms with Gasteiger partial charge in [-0.1, -0.05) is 30.3 Å². The molecule has 1 N–H and O–H groups in total. The van der Waals surface area contributed by atoms with E-state index in [2.05, 4.69) is 33.1 Å². The van der Waals surface area contributed by atoms with Gasteiger partial charge in [-0.25, -0.2) is 0 Å². The smallest absolute Gasteiger partial charge is 0.130 e. The monoisotopic (exact) mass is 415 g/mol. The number of aryl methyl sites for hydroxylation is 1. The van der Waals surface area contributed by atoms with E-state index in [1.54, 1.807) is 6.20 Å². The fraction of sp³-hybridized carbons (Fsp3) is 0.385. The van der Waals surface area contributed by atoms with Crippen molar-refractivity contribution in [1.29, 1.82) is 0 Å². The summed E-state index contributed by atoms with van der Waals surface area (Å²) in [5.41, 5.74) is 3.23. The van der Waals surface area contributed by atoms with Crippen LogP contribution in [0.1, 0.15) is 35.4 Å². The van der Waals surface area contributed by atoms with Crippen molar-refractivity contribution in [2.75, 3.05) is 13.1 Å². The van der Waals surface area contributed by atoms with Gasteiger partial charge < -0.3 is 9.84 Å². The number of hydrogen-bond donors (Lipinski definition) is 1. The van der Waals surface area contributed by atoms with Crippen molar-refractivity contribution in [3.63, 3.8) is 0 Å². The van der Waals surface area contributed by atoms with E-state index in [4.69, 9.17) is 4.74 Å². The van der Waals surface area contributed by atoms with Crippen molar-refractivity contribution in [2.45, 2.75) is 38.5 Å². The Bertz CT molecular complexity index is 1020. The van der Waals surface area contributed by atoms with Crippen LogP contribution in [0.5, 0.6) is 5.75 Å². The molecule has 1 aromatic carbocycles. The SMILES string of the molecule is Cc1ccc([C@]2(O)CC[C@H]3CN(Cc4ccccc4OCc4ccccn4)C[C@H]32)nc1. The number of aromatic nitrogens is 2. The van der Waals surface area contributed by atoms with Gasteiger partial charge >= 0.3 is 0 Å². The zero-order valence-corrected chi connectivity index (χ0v) is 17.9. The minimum Gasteiger partial charge on any atom is -0.487 e. The van der Waals surface area contributed by atoms with Crippen molar-refractivity contribution in [3.05, 3.63) is 89.5 Å². The zero-order chi connectivity index (χ0) is 21.3. The van der Waals surface area contributed by atoms with Crippen LogP contribution < -0.4 is 4.74 Å². The topological polar surface area (TPSA) is 58.5 Å². The van der Waals surface area contributed by atoms with Gasteiger partial charge in [0.2, 0.25) is 0 Å². The Kier molecular flexibility index (Phi) is 5.47. The minimum atomic E-state index is -0.817. The highest BCUT2D eigenvalue weighted by Crippen LogP contribution is 2.50. The number of hydrogen-bond acceptors (Lipinski definition) is 5. The highest BCUT2D eigenvalue weighted by atomic mass is 16.5. The Morgan fingerprint density at radius 1 is 1.06 bits per heavy atom. The molecule has 0 bridgehead atoms. The molecule has 31 heavy (non-hydrogen) atoms. The molecule has 2 fully saturated rings.